The molecule has 1 nitrogen and oxygen atoms in total. The molecule has 0 amide bonds. The van der Waals surface area contributed by atoms with Crippen LogP contribution >= 0.6 is 7.92 Å². The van der Waals surface area contributed by atoms with Crippen molar-refractivity contribution in [3.05, 3.63) is 146 Å². The third-order valence-corrected chi connectivity index (χ3v) is 10.2. The van der Waals surface area contributed by atoms with Crippen molar-refractivity contribution in [2.45, 2.75) is 0 Å². The van der Waals surface area contributed by atoms with Crippen LogP contribution in [0.3, 0.4) is 0 Å². The van der Waals surface area contributed by atoms with Gasteiger partial charge in [-0.1, -0.05) is 127 Å². The molecule has 0 atom stereocenters. The molecule has 6 aromatic rings. The van der Waals surface area contributed by atoms with Crippen molar-refractivity contribution in [1.29, 1.82) is 0 Å². The Morgan fingerprint density at radius 1 is 0.500 bits per heavy atom. The van der Waals surface area contributed by atoms with Crippen molar-refractivity contribution in [3.8, 4) is 11.3 Å². The number of aromatic nitrogens is 1. The van der Waals surface area contributed by atoms with Crippen molar-refractivity contribution in [2.75, 3.05) is 0 Å². The Hall–Kier alpha value is -3.84. The van der Waals surface area contributed by atoms with Crippen LogP contribution in [0.5, 0.6) is 0 Å². The molecular formula is C33H24NPSi. The van der Waals surface area contributed by atoms with Gasteiger partial charge in [0.2, 0.25) is 0 Å². The molecule has 1 heterocycles. The summed E-state index contributed by atoms with van der Waals surface area (Å²) in [5.74, 6) is 0. The molecule has 170 valence electrons. The number of rotatable bonds is 6. The summed E-state index contributed by atoms with van der Waals surface area (Å²) in [6.07, 6.45) is 1.87. The highest BCUT2D eigenvalue weighted by atomic mass is 31.1. The normalized spacial score (nSPS) is 11.1. The second-order valence-corrected chi connectivity index (χ2v) is 12.1. The fourth-order valence-corrected chi connectivity index (χ4v) is 8.68. The first kappa shape index (κ1) is 22.6. The van der Waals surface area contributed by atoms with Gasteiger partial charge in [0.15, 0.2) is 0 Å². The summed E-state index contributed by atoms with van der Waals surface area (Å²) in [4.78, 5) is 4.65. The number of fused-ring (bicyclic) bond motifs is 1. The van der Waals surface area contributed by atoms with Crippen LogP contribution in [0.1, 0.15) is 0 Å². The lowest BCUT2D eigenvalue weighted by molar-refractivity contribution is 1.33. The van der Waals surface area contributed by atoms with Crippen LogP contribution in [-0.4, -0.2) is 14.5 Å². The van der Waals surface area contributed by atoms with Crippen LogP contribution in [0, 0.1) is 0 Å². The van der Waals surface area contributed by atoms with Crippen molar-refractivity contribution in [1.82, 2.24) is 4.98 Å². The SMILES string of the molecule is c1ccc(P(c2ccccc2)c2cccc3cccc([Si]c4ccccc4-c4ccccn4)c23)cc1. The van der Waals surface area contributed by atoms with Crippen LogP contribution in [0.2, 0.25) is 0 Å². The summed E-state index contributed by atoms with van der Waals surface area (Å²) in [6.45, 7) is 0. The molecule has 36 heavy (non-hydrogen) atoms. The summed E-state index contributed by atoms with van der Waals surface area (Å²) >= 11 is 0. The molecule has 0 saturated heterocycles. The summed E-state index contributed by atoms with van der Waals surface area (Å²) in [6, 6.07) is 50.3. The summed E-state index contributed by atoms with van der Waals surface area (Å²) in [5, 5.41) is 9.54. The van der Waals surface area contributed by atoms with Gasteiger partial charge in [-0.15, -0.1) is 0 Å². The molecule has 0 aliphatic rings. The smallest absolute Gasteiger partial charge is 0.123 e. The molecule has 0 aliphatic heterocycles. The Bertz CT molecular complexity index is 1560. The number of benzene rings is 5. The quantitative estimate of drug-likeness (QED) is 0.226. The van der Waals surface area contributed by atoms with Gasteiger partial charge in [0.05, 0.1) is 5.69 Å². The van der Waals surface area contributed by atoms with Gasteiger partial charge in [-0.2, -0.15) is 0 Å². The molecule has 0 N–H and O–H groups in total. The van der Waals surface area contributed by atoms with Gasteiger partial charge in [-0.05, 0) is 62.7 Å². The van der Waals surface area contributed by atoms with Gasteiger partial charge < -0.3 is 0 Å². The number of pyridine rings is 1. The highest BCUT2D eigenvalue weighted by Crippen LogP contribution is 2.35. The average Bonchev–Trinajstić information content (AvgIpc) is 2.95. The lowest BCUT2D eigenvalue weighted by Crippen LogP contribution is -2.32. The van der Waals surface area contributed by atoms with Crippen molar-refractivity contribution >= 4 is 54.5 Å². The average molecular weight is 494 g/mol. The second-order valence-electron chi connectivity index (χ2n) is 8.57. The van der Waals surface area contributed by atoms with E-state index in [1.165, 1.54) is 42.6 Å². The van der Waals surface area contributed by atoms with Gasteiger partial charge in [-0.3, -0.25) is 4.98 Å². The van der Waals surface area contributed by atoms with Gasteiger partial charge in [0.1, 0.15) is 9.52 Å². The monoisotopic (exact) mass is 493 g/mol. The molecule has 1 aromatic heterocycles. The molecule has 2 radical (unpaired) electrons. The lowest BCUT2D eigenvalue weighted by atomic mass is 10.1. The molecule has 0 spiro atoms. The number of hydrogen-bond acceptors (Lipinski definition) is 1. The fraction of sp³-hybridized carbons (Fsp3) is 0. The minimum Gasteiger partial charge on any atom is -0.256 e. The number of nitrogens with zero attached hydrogens (tertiary/aromatic N) is 1. The Labute approximate surface area is 216 Å². The molecule has 0 unspecified atom stereocenters. The van der Waals surface area contributed by atoms with Crippen molar-refractivity contribution < 1.29 is 0 Å². The van der Waals surface area contributed by atoms with E-state index in [1.54, 1.807) is 0 Å². The molecule has 3 heteroatoms. The van der Waals surface area contributed by atoms with Crippen molar-refractivity contribution in [2.24, 2.45) is 0 Å². The first-order valence-electron chi connectivity index (χ1n) is 12.1. The zero-order chi connectivity index (χ0) is 24.2. The van der Waals surface area contributed by atoms with E-state index in [0.29, 0.717) is 9.52 Å². The topological polar surface area (TPSA) is 12.9 Å². The molecular weight excluding hydrogens is 469 g/mol. The van der Waals surface area contributed by atoms with E-state index in [9.17, 15) is 0 Å². The highest BCUT2D eigenvalue weighted by molar-refractivity contribution is 7.80. The summed E-state index contributed by atoms with van der Waals surface area (Å²) < 4.78 is 0. The minimum absolute atomic E-state index is 0.530. The van der Waals surface area contributed by atoms with Gasteiger partial charge in [-0.25, -0.2) is 0 Å². The van der Waals surface area contributed by atoms with E-state index in [2.05, 4.69) is 138 Å². The largest absolute Gasteiger partial charge is 0.256 e. The van der Waals surface area contributed by atoms with E-state index in [4.69, 9.17) is 0 Å². The molecule has 0 fully saturated rings. The maximum atomic E-state index is 4.65. The zero-order valence-corrected chi connectivity index (χ0v) is 21.6. The van der Waals surface area contributed by atoms with Crippen LogP contribution in [0.4, 0.5) is 0 Å². The first-order valence-corrected chi connectivity index (χ1v) is 14.4. The fourth-order valence-electron chi connectivity index (χ4n) is 4.68. The van der Waals surface area contributed by atoms with Crippen molar-refractivity contribution in [3.63, 3.8) is 0 Å². The molecule has 0 aliphatic carbocycles. The maximum absolute atomic E-state index is 4.65. The van der Waals surface area contributed by atoms with Gasteiger partial charge >= 0.3 is 0 Å². The minimum atomic E-state index is -0.696. The van der Waals surface area contributed by atoms with E-state index in [-0.39, 0.29) is 0 Å². The second kappa shape index (κ2) is 10.4. The van der Waals surface area contributed by atoms with Gasteiger partial charge in [0, 0.05) is 6.20 Å². The Balaban J connectivity index is 1.54. The Morgan fingerprint density at radius 3 is 1.81 bits per heavy atom. The van der Waals surface area contributed by atoms with E-state index in [1.807, 2.05) is 12.3 Å². The predicted octanol–water partition coefficient (Wildman–Crippen LogP) is 5.32. The first-order chi connectivity index (χ1) is 17.9. The Kier molecular flexibility index (Phi) is 6.54. The van der Waals surface area contributed by atoms with Gasteiger partial charge in [0.25, 0.3) is 0 Å². The number of hydrogen-bond donors (Lipinski definition) is 0. The maximum Gasteiger partial charge on any atom is 0.123 e. The van der Waals surface area contributed by atoms with Crippen LogP contribution in [0.25, 0.3) is 22.0 Å². The van der Waals surface area contributed by atoms with E-state index >= 15 is 0 Å². The van der Waals surface area contributed by atoms with Crippen LogP contribution in [-0.2, 0) is 0 Å². The van der Waals surface area contributed by atoms with Crippen LogP contribution in [0.15, 0.2) is 146 Å². The zero-order valence-electron chi connectivity index (χ0n) is 19.8. The molecule has 6 rings (SSSR count). The Morgan fingerprint density at radius 2 is 1.11 bits per heavy atom. The molecule has 5 aromatic carbocycles. The van der Waals surface area contributed by atoms with Crippen LogP contribution < -0.4 is 26.3 Å². The third-order valence-electron chi connectivity index (χ3n) is 6.29. The molecule has 0 saturated carbocycles. The molecule has 0 bridgehead atoms. The summed E-state index contributed by atoms with van der Waals surface area (Å²) in [5.41, 5.74) is 2.23. The predicted molar refractivity (Wildman–Crippen MR) is 157 cm³/mol. The highest BCUT2D eigenvalue weighted by Gasteiger charge is 2.20. The third kappa shape index (κ3) is 4.54. The summed E-state index contributed by atoms with van der Waals surface area (Å²) in [7, 11) is -0.166. The standard InChI is InChI=1S/C33H24NPSi/c1-3-15-26(16-4-1)35(27-17-5-2-6-18-27)30-21-11-13-25-14-12-23-32(33(25)30)36-31-22-8-7-19-28(31)29-20-9-10-24-34-29/h1-24H. The lowest BCUT2D eigenvalue weighted by Gasteiger charge is -2.22. The van der Waals surface area contributed by atoms with E-state index in [0.717, 1.165) is 5.69 Å². The van der Waals surface area contributed by atoms with E-state index < -0.39 is 7.92 Å².